The van der Waals surface area contributed by atoms with Gasteiger partial charge in [-0.3, -0.25) is 9.69 Å². The molecule has 1 unspecified atom stereocenters. The molecule has 1 aromatic rings. The highest BCUT2D eigenvalue weighted by molar-refractivity contribution is 5.92. The lowest BCUT2D eigenvalue weighted by molar-refractivity contribution is -0.118. The molecule has 116 valence electrons. The summed E-state index contributed by atoms with van der Waals surface area (Å²) < 4.78 is 28.2. The quantitative estimate of drug-likeness (QED) is 0.868. The lowest BCUT2D eigenvalue weighted by atomic mass is 10.1. The first-order valence-electron chi connectivity index (χ1n) is 6.78. The summed E-state index contributed by atoms with van der Waals surface area (Å²) in [5, 5.41) is 12.2. The number of aliphatic hydroxyl groups is 1. The molecule has 5 nitrogen and oxygen atoms in total. The Morgan fingerprint density at radius 3 is 2.76 bits per heavy atom. The van der Waals surface area contributed by atoms with E-state index in [9.17, 15) is 18.7 Å². The minimum atomic E-state index is -2.86. The number of ether oxygens (including phenoxy) is 1. The molecule has 0 radical (unpaired) electrons. The van der Waals surface area contributed by atoms with E-state index in [4.69, 9.17) is 0 Å². The van der Waals surface area contributed by atoms with Crippen molar-refractivity contribution in [1.82, 2.24) is 4.90 Å². The second kappa shape index (κ2) is 7.33. The molecule has 1 aliphatic rings. The molecule has 2 rings (SSSR count). The fraction of sp³-hybridized carbons (Fsp3) is 0.500. The van der Waals surface area contributed by atoms with Crippen LogP contribution >= 0.6 is 0 Å². The number of benzene rings is 1. The Balaban J connectivity index is 1.82. The van der Waals surface area contributed by atoms with Crippen molar-refractivity contribution in [2.45, 2.75) is 25.6 Å². The van der Waals surface area contributed by atoms with Crippen molar-refractivity contribution in [3.63, 3.8) is 0 Å². The molecule has 0 aromatic heterocycles. The summed E-state index contributed by atoms with van der Waals surface area (Å²) in [6.45, 7) is -1.39. The topological polar surface area (TPSA) is 61.8 Å². The van der Waals surface area contributed by atoms with Gasteiger partial charge in [0.05, 0.1) is 12.6 Å². The van der Waals surface area contributed by atoms with E-state index < -0.39 is 6.61 Å². The lowest BCUT2D eigenvalue weighted by Gasteiger charge is -2.29. The van der Waals surface area contributed by atoms with E-state index >= 15 is 0 Å². The highest BCUT2D eigenvalue weighted by Crippen LogP contribution is 2.18. The van der Waals surface area contributed by atoms with Gasteiger partial charge in [0.2, 0.25) is 5.91 Å². The first-order valence-corrected chi connectivity index (χ1v) is 6.78. The number of aliphatic hydroxyl groups excluding tert-OH is 1. The minimum Gasteiger partial charge on any atom is -0.435 e. The standard InChI is InChI=1S/C14H18F2N2O3/c15-14(16)21-12-5-3-10(4-6-12)17-13(20)9-18-7-1-2-11(19)8-18/h3-6,11,14,19H,1-2,7-9H2,(H,17,20). The number of nitrogens with zero attached hydrogens (tertiary/aromatic N) is 1. The lowest BCUT2D eigenvalue weighted by Crippen LogP contribution is -2.42. The molecule has 21 heavy (non-hydrogen) atoms. The predicted octanol–water partition coefficient (Wildman–Crippen LogP) is 1.68. The highest BCUT2D eigenvalue weighted by Gasteiger charge is 2.19. The monoisotopic (exact) mass is 300 g/mol. The van der Waals surface area contributed by atoms with Crippen molar-refractivity contribution in [2.24, 2.45) is 0 Å². The van der Waals surface area contributed by atoms with Crippen LogP contribution in [-0.2, 0) is 4.79 Å². The van der Waals surface area contributed by atoms with Crippen molar-refractivity contribution < 1.29 is 23.4 Å². The summed E-state index contributed by atoms with van der Waals surface area (Å²) in [6.07, 6.45) is 1.26. The largest absolute Gasteiger partial charge is 0.435 e. The van der Waals surface area contributed by atoms with Gasteiger partial charge in [-0.2, -0.15) is 8.78 Å². The third-order valence-electron chi connectivity index (χ3n) is 3.21. The Morgan fingerprint density at radius 1 is 1.43 bits per heavy atom. The Morgan fingerprint density at radius 2 is 2.14 bits per heavy atom. The normalized spacial score (nSPS) is 19.5. The van der Waals surface area contributed by atoms with E-state index in [1.54, 1.807) is 0 Å². The van der Waals surface area contributed by atoms with Gasteiger partial charge in [0.25, 0.3) is 0 Å². The molecule has 0 spiro atoms. The Kier molecular flexibility index (Phi) is 5.46. The first-order chi connectivity index (χ1) is 10.0. The van der Waals surface area contributed by atoms with Crippen LogP contribution in [0.15, 0.2) is 24.3 Å². The summed E-state index contributed by atoms with van der Waals surface area (Å²) in [5.41, 5.74) is 0.513. The molecule has 2 N–H and O–H groups in total. The summed E-state index contributed by atoms with van der Waals surface area (Å²) in [5.74, 6) is -0.159. The zero-order valence-corrected chi connectivity index (χ0v) is 11.5. The molecule has 1 fully saturated rings. The van der Waals surface area contributed by atoms with Crippen LogP contribution < -0.4 is 10.1 Å². The van der Waals surface area contributed by atoms with Crippen molar-refractivity contribution in [2.75, 3.05) is 25.0 Å². The third kappa shape index (κ3) is 5.28. The maximum absolute atomic E-state index is 12.0. The number of piperidine rings is 1. The third-order valence-corrected chi connectivity index (χ3v) is 3.21. The van der Waals surface area contributed by atoms with Gasteiger partial charge in [-0.15, -0.1) is 0 Å². The number of anilines is 1. The van der Waals surface area contributed by atoms with Gasteiger partial charge in [-0.1, -0.05) is 0 Å². The molecule has 1 aromatic carbocycles. The van der Waals surface area contributed by atoms with Crippen LogP contribution in [-0.4, -0.2) is 48.3 Å². The molecule has 1 heterocycles. The molecule has 0 aliphatic carbocycles. The number of likely N-dealkylation sites (tertiary alicyclic amines) is 1. The first kappa shape index (κ1) is 15.7. The van der Waals surface area contributed by atoms with E-state index in [0.29, 0.717) is 12.2 Å². The number of β-amino-alcohol motifs (C(OH)–C–C–N with tert-alkyl or cyclic N) is 1. The fourth-order valence-electron chi connectivity index (χ4n) is 2.30. The fourth-order valence-corrected chi connectivity index (χ4v) is 2.30. The molecule has 0 bridgehead atoms. The molecule has 1 saturated heterocycles. The predicted molar refractivity (Wildman–Crippen MR) is 73.4 cm³/mol. The van der Waals surface area contributed by atoms with Gasteiger partial charge in [0.1, 0.15) is 5.75 Å². The number of carbonyl (C=O) groups is 1. The van der Waals surface area contributed by atoms with E-state index in [2.05, 4.69) is 10.1 Å². The van der Waals surface area contributed by atoms with Crippen LogP contribution in [0.3, 0.4) is 0 Å². The number of alkyl halides is 2. The molecular formula is C14H18F2N2O3. The summed E-state index contributed by atoms with van der Waals surface area (Å²) in [6, 6.07) is 5.74. The molecule has 1 amide bonds. The van der Waals surface area contributed by atoms with Crippen LogP contribution in [0.1, 0.15) is 12.8 Å². The number of hydrogen-bond acceptors (Lipinski definition) is 4. The molecular weight excluding hydrogens is 282 g/mol. The van der Waals surface area contributed by atoms with Crippen molar-refractivity contribution >= 4 is 11.6 Å². The minimum absolute atomic E-state index is 0.0437. The van der Waals surface area contributed by atoms with Crippen LogP contribution in [0, 0.1) is 0 Å². The van der Waals surface area contributed by atoms with E-state index in [-0.39, 0.29) is 24.3 Å². The second-order valence-corrected chi connectivity index (χ2v) is 4.98. The van der Waals surface area contributed by atoms with Crippen LogP contribution in [0.25, 0.3) is 0 Å². The second-order valence-electron chi connectivity index (χ2n) is 4.98. The summed E-state index contributed by atoms with van der Waals surface area (Å²) in [4.78, 5) is 13.8. The molecule has 7 heteroatoms. The Hall–Kier alpha value is -1.73. The van der Waals surface area contributed by atoms with Crippen molar-refractivity contribution in [3.05, 3.63) is 24.3 Å². The Bertz CT molecular complexity index is 468. The van der Waals surface area contributed by atoms with Gasteiger partial charge in [0, 0.05) is 12.2 Å². The summed E-state index contributed by atoms with van der Waals surface area (Å²) >= 11 is 0. The van der Waals surface area contributed by atoms with Crippen molar-refractivity contribution in [3.8, 4) is 5.75 Å². The molecule has 1 atom stereocenters. The van der Waals surface area contributed by atoms with Crippen LogP contribution in [0.2, 0.25) is 0 Å². The number of halogens is 2. The van der Waals surface area contributed by atoms with Crippen molar-refractivity contribution in [1.29, 1.82) is 0 Å². The average molecular weight is 300 g/mol. The highest BCUT2D eigenvalue weighted by atomic mass is 19.3. The smallest absolute Gasteiger partial charge is 0.387 e. The van der Waals surface area contributed by atoms with Gasteiger partial charge in [0.15, 0.2) is 0 Å². The average Bonchev–Trinajstić information content (AvgIpc) is 2.40. The molecule has 1 aliphatic heterocycles. The van der Waals surface area contributed by atoms with E-state index in [1.807, 2.05) is 4.90 Å². The van der Waals surface area contributed by atoms with Crippen LogP contribution in [0.4, 0.5) is 14.5 Å². The molecule has 0 saturated carbocycles. The zero-order valence-electron chi connectivity index (χ0n) is 11.5. The number of rotatable bonds is 5. The van der Waals surface area contributed by atoms with Gasteiger partial charge >= 0.3 is 6.61 Å². The number of amides is 1. The van der Waals surface area contributed by atoms with Crippen LogP contribution in [0.5, 0.6) is 5.75 Å². The number of nitrogens with one attached hydrogen (secondary N) is 1. The zero-order chi connectivity index (χ0) is 15.2. The number of hydrogen-bond donors (Lipinski definition) is 2. The van der Waals surface area contributed by atoms with Gasteiger partial charge < -0.3 is 15.2 Å². The van der Waals surface area contributed by atoms with Gasteiger partial charge in [-0.05, 0) is 43.7 Å². The summed E-state index contributed by atoms with van der Waals surface area (Å²) in [7, 11) is 0. The number of carbonyl (C=O) groups excluding carboxylic acids is 1. The SMILES string of the molecule is O=C(CN1CCCC(O)C1)Nc1ccc(OC(F)F)cc1. The maximum atomic E-state index is 12.0. The van der Waals surface area contributed by atoms with E-state index in [0.717, 1.165) is 19.4 Å². The van der Waals surface area contributed by atoms with E-state index in [1.165, 1.54) is 24.3 Å². The maximum Gasteiger partial charge on any atom is 0.387 e. The van der Waals surface area contributed by atoms with Gasteiger partial charge in [-0.25, -0.2) is 0 Å². The Labute approximate surface area is 121 Å².